The van der Waals surface area contributed by atoms with Gasteiger partial charge in [-0.3, -0.25) is 0 Å². The molecule has 0 radical (unpaired) electrons. The second-order valence-corrected chi connectivity index (χ2v) is 3.99. The number of likely N-dealkylation sites (tertiary alicyclic amines) is 1. The standard InChI is InChI=1S/C11H21N/c1-4-5-11(3)12-8-6-10(2)7-9-12/h10H,3-9H2,1-2H3. The highest BCUT2D eigenvalue weighted by Crippen LogP contribution is 2.20. The summed E-state index contributed by atoms with van der Waals surface area (Å²) in [4.78, 5) is 2.46. The highest BCUT2D eigenvalue weighted by atomic mass is 15.1. The number of hydrogen-bond donors (Lipinski definition) is 0. The summed E-state index contributed by atoms with van der Waals surface area (Å²) in [6.07, 6.45) is 5.10. The predicted molar refractivity (Wildman–Crippen MR) is 54.0 cm³/mol. The zero-order valence-electron chi connectivity index (χ0n) is 8.47. The van der Waals surface area contributed by atoms with Crippen LogP contribution in [0.2, 0.25) is 0 Å². The topological polar surface area (TPSA) is 3.24 Å². The number of nitrogens with zero attached hydrogens (tertiary/aromatic N) is 1. The Balaban J connectivity index is 2.29. The van der Waals surface area contributed by atoms with Gasteiger partial charge in [0.1, 0.15) is 0 Å². The van der Waals surface area contributed by atoms with E-state index in [1.54, 1.807) is 0 Å². The molecule has 1 rings (SSSR count). The first-order chi connectivity index (χ1) is 5.74. The van der Waals surface area contributed by atoms with Crippen molar-refractivity contribution in [1.29, 1.82) is 0 Å². The number of rotatable bonds is 3. The van der Waals surface area contributed by atoms with Gasteiger partial charge < -0.3 is 4.90 Å². The van der Waals surface area contributed by atoms with E-state index in [-0.39, 0.29) is 0 Å². The van der Waals surface area contributed by atoms with Crippen LogP contribution in [-0.4, -0.2) is 18.0 Å². The van der Waals surface area contributed by atoms with E-state index >= 15 is 0 Å². The lowest BCUT2D eigenvalue weighted by molar-refractivity contribution is 0.232. The molecule has 0 N–H and O–H groups in total. The second kappa shape index (κ2) is 4.54. The van der Waals surface area contributed by atoms with Gasteiger partial charge in [0.2, 0.25) is 0 Å². The molecule has 1 nitrogen and oxygen atoms in total. The van der Waals surface area contributed by atoms with Gasteiger partial charge in [-0.05, 0) is 25.2 Å². The first-order valence-electron chi connectivity index (χ1n) is 5.16. The van der Waals surface area contributed by atoms with Crippen molar-refractivity contribution in [3.8, 4) is 0 Å². The summed E-state index contributed by atoms with van der Waals surface area (Å²) in [5.41, 5.74) is 1.35. The summed E-state index contributed by atoms with van der Waals surface area (Å²) in [5, 5.41) is 0. The molecule has 1 heterocycles. The third kappa shape index (κ3) is 2.54. The van der Waals surface area contributed by atoms with E-state index in [0.717, 1.165) is 5.92 Å². The van der Waals surface area contributed by atoms with Gasteiger partial charge in [-0.1, -0.05) is 26.8 Å². The van der Waals surface area contributed by atoms with Gasteiger partial charge in [0.25, 0.3) is 0 Å². The largest absolute Gasteiger partial charge is 0.375 e. The Morgan fingerprint density at radius 3 is 2.50 bits per heavy atom. The van der Waals surface area contributed by atoms with E-state index in [0.29, 0.717) is 0 Å². The molecule has 12 heavy (non-hydrogen) atoms. The van der Waals surface area contributed by atoms with Crippen molar-refractivity contribution in [2.45, 2.75) is 39.5 Å². The zero-order valence-corrected chi connectivity index (χ0v) is 8.47. The first kappa shape index (κ1) is 9.63. The molecule has 70 valence electrons. The lowest BCUT2D eigenvalue weighted by Crippen LogP contribution is -2.31. The van der Waals surface area contributed by atoms with Gasteiger partial charge in [-0.15, -0.1) is 0 Å². The molecule has 1 aliphatic rings. The van der Waals surface area contributed by atoms with E-state index in [9.17, 15) is 0 Å². The van der Waals surface area contributed by atoms with Crippen molar-refractivity contribution in [1.82, 2.24) is 4.90 Å². The molecule has 0 aliphatic carbocycles. The fourth-order valence-electron chi connectivity index (χ4n) is 1.77. The van der Waals surface area contributed by atoms with Gasteiger partial charge in [-0.2, -0.15) is 0 Å². The number of allylic oxidation sites excluding steroid dienone is 1. The first-order valence-corrected chi connectivity index (χ1v) is 5.16. The Morgan fingerprint density at radius 1 is 1.42 bits per heavy atom. The average molecular weight is 167 g/mol. The quantitative estimate of drug-likeness (QED) is 0.624. The van der Waals surface area contributed by atoms with E-state index < -0.39 is 0 Å². The summed E-state index contributed by atoms with van der Waals surface area (Å²) < 4.78 is 0. The summed E-state index contributed by atoms with van der Waals surface area (Å²) in [7, 11) is 0. The van der Waals surface area contributed by atoms with Gasteiger partial charge in [0.05, 0.1) is 0 Å². The molecule has 0 unspecified atom stereocenters. The van der Waals surface area contributed by atoms with Crippen molar-refractivity contribution >= 4 is 0 Å². The average Bonchev–Trinajstić information content (AvgIpc) is 2.06. The Bertz CT molecular complexity index is 143. The van der Waals surface area contributed by atoms with E-state index in [1.807, 2.05) is 0 Å². The van der Waals surface area contributed by atoms with Crippen molar-refractivity contribution < 1.29 is 0 Å². The molecule has 1 fully saturated rings. The molecule has 0 atom stereocenters. The fraction of sp³-hybridized carbons (Fsp3) is 0.818. The van der Waals surface area contributed by atoms with Crippen LogP contribution in [0.5, 0.6) is 0 Å². The maximum Gasteiger partial charge on any atom is 0.0177 e. The van der Waals surface area contributed by atoms with Crippen LogP contribution in [0.3, 0.4) is 0 Å². The smallest absolute Gasteiger partial charge is 0.0177 e. The molecule has 0 bridgehead atoms. The van der Waals surface area contributed by atoms with E-state index in [2.05, 4.69) is 25.3 Å². The minimum atomic E-state index is 0.927. The van der Waals surface area contributed by atoms with Gasteiger partial charge in [0, 0.05) is 18.8 Å². The molecule has 0 saturated carbocycles. The van der Waals surface area contributed by atoms with Crippen LogP contribution in [0.1, 0.15) is 39.5 Å². The number of hydrogen-bond acceptors (Lipinski definition) is 1. The SMILES string of the molecule is C=C(CCC)N1CCC(C)CC1. The lowest BCUT2D eigenvalue weighted by Gasteiger charge is -2.33. The van der Waals surface area contributed by atoms with Crippen LogP contribution in [0, 0.1) is 5.92 Å². The monoisotopic (exact) mass is 167 g/mol. The minimum absolute atomic E-state index is 0.927. The van der Waals surface area contributed by atoms with Crippen LogP contribution in [0.25, 0.3) is 0 Å². The summed E-state index contributed by atoms with van der Waals surface area (Å²) >= 11 is 0. The molecule has 0 spiro atoms. The normalized spacial score (nSPS) is 19.7. The third-order valence-electron chi connectivity index (χ3n) is 2.77. The highest BCUT2D eigenvalue weighted by molar-refractivity contribution is 4.95. The lowest BCUT2D eigenvalue weighted by atomic mass is 9.98. The molecule has 0 aromatic rings. The predicted octanol–water partition coefficient (Wildman–Crippen LogP) is 3.03. The zero-order chi connectivity index (χ0) is 8.97. The number of piperidine rings is 1. The molecular weight excluding hydrogens is 146 g/mol. The summed E-state index contributed by atoms with van der Waals surface area (Å²) in [6, 6.07) is 0. The fourth-order valence-corrected chi connectivity index (χ4v) is 1.77. The molecule has 0 aromatic heterocycles. The minimum Gasteiger partial charge on any atom is -0.375 e. The molecule has 0 amide bonds. The maximum absolute atomic E-state index is 4.12. The van der Waals surface area contributed by atoms with Gasteiger partial charge in [0.15, 0.2) is 0 Å². The Kier molecular flexibility index (Phi) is 3.64. The Morgan fingerprint density at radius 2 is 2.00 bits per heavy atom. The molecule has 1 heteroatoms. The molecule has 1 aliphatic heterocycles. The van der Waals surface area contributed by atoms with Crippen molar-refractivity contribution in [3.63, 3.8) is 0 Å². The van der Waals surface area contributed by atoms with Gasteiger partial charge >= 0.3 is 0 Å². The second-order valence-electron chi connectivity index (χ2n) is 3.99. The Labute approximate surface area is 76.5 Å². The van der Waals surface area contributed by atoms with Crippen LogP contribution < -0.4 is 0 Å². The molecule has 0 aromatic carbocycles. The van der Waals surface area contributed by atoms with Crippen molar-refractivity contribution in [3.05, 3.63) is 12.3 Å². The third-order valence-corrected chi connectivity index (χ3v) is 2.77. The van der Waals surface area contributed by atoms with Crippen molar-refractivity contribution in [2.75, 3.05) is 13.1 Å². The van der Waals surface area contributed by atoms with Crippen LogP contribution in [-0.2, 0) is 0 Å². The van der Waals surface area contributed by atoms with Crippen molar-refractivity contribution in [2.24, 2.45) is 5.92 Å². The maximum atomic E-state index is 4.12. The molecule has 1 saturated heterocycles. The van der Waals surface area contributed by atoms with E-state index in [4.69, 9.17) is 0 Å². The van der Waals surface area contributed by atoms with Crippen LogP contribution in [0.15, 0.2) is 12.3 Å². The molecular formula is C11H21N. The summed E-state index contributed by atoms with van der Waals surface area (Å²) in [5.74, 6) is 0.927. The van der Waals surface area contributed by atoms with Gasteiger partial charge in [-0.25, -0.2) is 0 Å². The van der Waals surface area contributed by atoms with Crippen LogP contribution in [0.4, 0.5) is 0 Å². The highest BCUT2D eigenvalue weighted by Gasteiger charge is 2.15. The van der Waals surface area contributed by atoms with E-state index in [1.165, 1.54) is 44.5 Å². The Hall–Kier alpha value is -0.460. The van der Waals surface area contributed by atoms with Crippen LogP contribution >= 0.6 is 0 Å². The summed E-state index contributed by atoms with van der Waals surface area (Å²) in [6.45, 7) is 11.2.